The van der Waals surface area contributed by atoms with E-state index in [-0.39, 0.29) is 51.1 Å². The van der Waals surface area contributed by atoms with Crippen molar-refractivity contribution >= 4 is 17.8 Å². The molecule has 2 aromatic carbocycles. The van der Waals surface area contributed by atoms with E-state index in [9.17, 15) is 24.6 Å². The Morgan fingerprint density at radius 1 is 0.778 bits per heavy atom. The summed E-state index contributed by atoms with van der Waals surface area (Å²) in [5, 5.41) is 26.8. The highest BCUT2D eigenvalue weighted by Gasteiger charge is 2.71. The first-order valence-electron chi connectivity index (χ1n) is 20.8. The van der Waals surface area contributed by atoms with Gasteiger partial charge in [-0.3, -0.25) is 9.59 Å². The third-order valence-electron chi connectivity index (χ3n) is 17.0. The summed E-state index contributed by atoms with van der Waals surface area (Å²) in [6.45, 7) is 19.9. The Morgan fingerprint density at radius 3 is 2.20 bits per heavy atom. The van der Waals surface area contributed by atoms with Crippen LogP contribution in [0.3, 0.4) is 0 Å². The second-order valence-corrected chi connectivity index (χ2v) is 19.6. The van der Waals surface area contributed by atoms with E-state index in [1.54, 1.807) is 24.3 Å². The van der Waals surface area contributed by atoms with Crippen LogP contribution in [0.1, 0.15) is 138 Å². The van der Waals surface area contributed by atoms with Crippen LogP contribution in [-0.2, 0) is 17.8 Å². The minimum atomic E-state index is -0.968. The Hall–Kier alpha value is -3.45. The molecule has 2 aromatic rings. The normalized spacial score (nSPS) is 37.8. The topological polar surface area (TPSA) is 116 Å². The number of nitrogens with one attached hydrogen (secondary N) is 2. The van der Waals surface area contributed by atoms with Gasteiger partial charge in [-0.1, -0.05) is 71.0 Å². The van der Waals surface area contributed by atoms with Crippen LogP contribution < -0.4 is 10.6 Å². The maximum atomic E-state index is 14.7. The number of carbonyl (C=O) groups excluding carboxylic acids is 2. The Kier molecular flexibility index (Phi) is 10.0. The molecule has 5 fully saturated rings. The fourth-order valence-corrected chi connectivity index (χ4v) is 14.0. The summed E-state index contributed by atoms with van der Waals surface area (Å²) >= 11 is 0. The molecule has 0 radical (unpaired) electrons. The van der Waals surface area contributed by atoms with E-state index in [1.807, 2.05) is 24.3 Å². The molecule has 2 amide bonds. The number of benzene rings is 2. The molecule has 0 aliphatic heterocycles. The summed E-state index contributed by atoms with van der Waals surface area (Å²) in [6.07, 6.45) is 10.9. The van der Waals surface area contributed by atoms with Crippen molar-refractivity contribution in [3.05, 3.63) is 82.9 Å². The lowest BCUT2D eigenvalue weighted by Crippen LogP contribution is -2.67. The lowest BCUT2D eigenvalue weighted by atomic mass is 9.32. The van der Waals surface area contributed by atoms with Crippen molar-refractivity contribution in [1.29, 1.82) is 0 Å². The van der Waals surface area contributed by atoms with Crippen LogP contribution in [0.2, 0.25) is 0 Å². The number of aromatic carboxylic acids is 1. The predicted octanol–water partition coefficient (Wildman–Crippen LogP) is 8.99. The summed E-state index contributed by atoms with van der Waals surface area (Å²) in [4.78, 5) is 39.2. The Balaban J connectivity index is 1.06. The summed E-state index contributed by atoms with van der Waals surface area (Å²) in [5.74, 6) is 1.24. The van der Waals surface area contributed by atoms with Crippen molar-refractivity contribution in [3.63, 3.8) is 0 Å². The quantitative estimate of drug-likeness (QED) is 0.192. The average Bonchev–Trinajstić information content (AvgIpc) is 3.54. The molecule has 292 valence electrons. The van der Waals surface area contributed by atoms with Gasteiger partial charge in [0.1, 0.15) is 0 Å². The number of hydrogen-bond donors (Lipinski definition) is 4. The van der Waals surface area contributed by atoms with Crippen molar-refractivity contribution in [2.45, 2.75) is 125 Å². The molecule has 4 N–H and O–H groups in total. The Labute approximate surface area is 323 Å². The number of allylic oxidation sites excluding steroid dienone is 1. The molecule has 7 heteroatoms. The number of hydrogen-bond acceptors (Lipinski definition) is 4. The van der Waals surface area contributed by atoms with E-state index in [0.717, 1.165) is 56.1 Å². The first-order chi connectivity index (χ1) is 25.5. The third-order valence-corrected chi connectivity index (χ3v) is 17.0. The van der Waals surface area contributed by atoms with Crippen molar-refractivity contribution in [2.75, 3.05) is 6.54 Å². The number of amides is 2. The van der Waals surface area contributed by atoms with E-state index in [1.165, 1.54) is 24.8 Å². The number of aliphatic hydroxyl groups excluding tert-OH is 1. The van der Waals surface area contributed by atoms with Gasteiger partial charge in [0.05, 0.1) is 17.1 Å². The molecular formula is C47H64N2O5. The van der Waals surface area contributed by atoms with Crippen molar-refractivity contribution in [1.82, 2.24) is 10.6 Å². The standard InChI is InChI=1S/C47H64N2O5/c1-29(2)34-16-22-47(42(54)49-28-31-11-9-12-32(27-31)40(51)48-25-19-30-10-8-13-33(26-30)41(52)53)24-23-45(6)35(39(34)47)14-15-37-44(5)20-18-38(50)43(3,4)36(44)17-21-46(37,45)7/h8-13,26-27,34-39,50H,1,14-25,28H2,2-7H3,(H,48,51)(H,49,54)(H,52,53)/t34-,35?,36?,37?,38?,39?,44?,45+,46?,47?/m0/s1. The number of carbonyl (C=O) groups is 3. The Bertz CT molecular complexity index is 1820. The van der Waals surface area contributed by atoms with Gasteiger partial charge in [0.15, 0.2) is 0 Å². The molecule has 0 aromatic heterocycles. The predicted molar refractivity (Wildman–Crippen MR) is 213 cm³/mol. The number of carboxylic acids is 1. The number of fused-ring (bicyclic) bond motifs is 7. The van der Waals surface area contributed by atoms with E-state index in [2.05, 4.69) is 58.8 Å². The maximum Gasteiger partial charge on any atom is 0.335 e. The lowest BCUT2D eigenvalue weighted by Gasteiger charge is -2.72. The smallest absolute Gasteiger partial charge is 0.335 e. The second kappa shape index (κ2) is 13.9. The first-order valence-corrected chi connectivity index (χ1v) is 20.8. The number of carboxylic acid groups (broad SMARTS) is 1. The minimum absolute atomic E-state index is 0.0659. The van der Waals surface area contributed by atoms with Gasteiger partial charge in [-0.25, -0.2) is 4.79 Å². The maximum absolute atomic E-state index is 14.7. The van der Waals surface area contributed by atoms with Crippen molar-refractivity contribution in [3.8, 4) is 0 Å². The highest BCUT2D eigenvalue weighted by Crippen LogP contribution is 2.77. The van der Waals surface area contributed by atoms with Gasteiger partial charge >= 0.3 is 5.97 Å². The third kappa shape index (κ3) is 6.06. The highest BCUT2D eigenvalue weighted by atomic mass is 16.4. The van der Waals surface area contributed by atoms with Gasteiger partial charge in [-0.15, -0.1) is 0 Å². The fraction of sp³-hybridized carbons (Fsp3) is 0.638. The molecule has 7 rings (SSSR count). The molecular weight excluding hydrogens is 673 g/mol. The zero-order chi connectivity index (χ0) is 38.8. The average molecular weight is 737 g/mol. The largest absolute Gasteiger partial charge is 0.478 e. The monoisotopic (exact) mass is 736 g/mol. The van der Waals surface area contributed by atoms with E-state index in [4.69, 9.17) is 0 Å². The molecule has 8 unspecified atom stereocenters. The van der Waals surface area contributed by atoms with Crippen LogP contribution >= 0.6 is 0 Å². The second-order valence-electron chi connectivity index (χ2n) is 19.6. The van der Waals surface area contributed by atoms with Gasteiger partial charge < -0.3 is 20.8 Å². The number of rotatable bonds is 9. The van der Waals surface area contributed by atoms with Crippen LogP contribution in [-0.4, -0.2) is 40.6 Å². The summed E-state index contributed by atoms with van der Waals surface area (Å²) in [7, 11) is 0. The molecule has 5 aliphatic rings. The number of aliphatic hydroxyl groups is 1. The zero-order valence-electron chi connectivity index (χ0n) is 33.6. The van der Waals surface area contributed by atoms with Crippen LogP contribution in [0, 0.1) is 56.7 Å². The molecule has 0 heterocycles. The molecule has 7 nitrogen and oxygen atoms in total. The molecule has 0 spiro atoms. The van der Waals surface area contributed by atoms with Gasteiger partial charge in [0, 0.05) is 18.7 Å². The van der Waals surface area contributed by atoms with E-state index in [0.29, 0.717) is 48.7 Å². The highest BCUT2D eigenvalue weighted by molar-refractivity contribution is 5.94. The fourth-order valence-electron chi connectivity index (χ4n) is 14.0. The van der Waals surface area contributed by atoms with Gasteiger partial charge in [0.25, 0.3) is 5.91 Å². The van der Waals surface area contributed by atoms with E-state index >= 15 is 0 Å². The van der Waals surface area contributed by atoms with E-state index < -0.39 is 11.4 Å². The van der Waals surface area contributed by atoms with Gasteiger partial charge in [-0.2, -0.15) is 0 Å². The van der Waals surface area contributed by atoms with Crippen LogP contribution in [0.4, 0.5) is 0 Å². The molecule has 10 atom stereocenters. The molecule has 0 bridgehead atoms. The summed E-state index contributed by atoms with van der Waals surface area (Å²) in [6, 6.07) is 14.3. The van der Waals surface area contributed by atoms with Crippen molar-refractivity contribution < 1.29 is 24.6 Å². The Morgan fingerprint density at radius 2 is 1.48 bits per heavy atom. The summed E-state index contributed by atoms with van der Waals surface area (Å²) < 4.78 is 0. The molecule has 5 aliphatic carbocycles. The first kappa shape index (κ1) is 38.8. The van der Waals surface area contributed by atoms with Crippen LogP contribution in [0.25, 0.3) is 0 Å². The van der Waals surface area contributed by atoms with Gasteiger partial charge in [0.2, 0.25) is 5.91 Å². The van der Waals surface area contributed by atoms with Crippen LogP contribution in [0.5, 0.6) is 0 Å². The van der Waals surface area contributed by atoms with Crippen LogP contribution in [0.15, 0.2) is 60.7 Å². The molecule has 54 heavy (non-hydrogen) atoms. The lowest BCUT2D eigenvalue weighted by molar-refractivity contribution is -0.246. The van der Waals surface area contributed by atoms with Gasteiger partial charge in [-0.05, 0) is 164 Å². The molecule has 5 saturated carbocycles. The summed E-state index contributed by atoms with van der Waals surface area (Å²) in [5.41, 5.74) is 3.81. The molecule has 0 saturated heterocycles. The van der Waals surface area contributed by atoms with Crippen molar-refractivity contribution in [2.24, 2.45) is 56.7 Å². The SMILES string of the molecule is C=C(C)[C@@H]1CCC2(C(=O)NCc3cccc(C(=O)NCCc4cccc(C(=O)O)c4)c3)CC[C@]3(C)C(CCC4C5(C)CCC(O)C(C)(C)C5CCC43C)C12. The zero-order valence-corrected chi connectivity index (χ0v) is 33.6. The minimum Gasteiger partial charge on any atom is -0.478 e.